The highest BCUT2D eigenvalue weighted by molar-refractivity contribution is 6.31. The Morgan fingerprint density at radius 2 is 2.35 bits per heavy atom. The highest BCUT2D eigenvalue weighted by Crippen LogP contribution is 2.28. The highest BCUT2D eigenvalue weighted by atomic mass is 35.5. The lowest BCUT2D eigenvalue weighted by atomic mass is 9.82. The number of halogens is 2. The molecule has 1 unspecified atom stereocenters. The Bertz CT molecular complexity index is 441. The van der Waals surface area contributed by atoms with Crippen molar-refractivity contribution in [2.75, 3.05) is 13.1 Å². The summed E-state index contributed by atoms with van der Waals surface area (Å²) in [6.07, 6.45) is 1.13. The van der Waals surface area contributed by atoms with Gasteiger partial charge in [0, 0.05) is 23.4 Å². The zero-order valence-electron chi connectivity index (χ0n) is 9.72. The van der Waals surface area contributed by atoms with Gasteiger partial charge in [0.2, 0.25) is 0 Å². The molecule has 1 aromatic rings. The number of ketones is 1. The molecule has 1 aliphatic heterocycles. The van der Waals surface area contributed by atoms with Crippen molar-refractivity contribution in [1.29, 1.82) is 0 Å². The molecule has 4 heteroatoms. The van der Waals surface area contributed by atoms with Gasteiger partial charge >= 0.3 is 0 Å². The Morgan fingerprint density at radius 3 is 2.94 bits per heavy atom. The third kappa shape index (κ3) is 2.67. The fourth-order valence-electron chi connectivity index (χ4n) is 2.11. The minimum Gasteiger partial charge on any atom is -0.316 e. The number of rotatable bonds is 3. The number of carbonyl (C=O) groups is 1. The van der Waals surface area contributed by atoms with E-state index in [1.165, 1.54) is 12.1 Å². The Hall–Kier alpha value is -0.930. The van der Waals surface area contributed by atoms with E-state index in [4.69, 9.17) is 11.6 Å². The summed E-state index contributed by atoms with van der Waals surface area (Å²) in [6.45, 7) is 3.55. The zero-order valence-corrected chi connectivity index (χ0v) is 10.5. The number of benzene rings is 1. The Morgan fingerprint density at radius 1 is 1.59 bits per heavy atom. The van der Waals surface area contributed by atoms with Crippen LogP contribution in [0.4, 0.5) is 4.39 Å². The van der Waals surface area contributed by atoms with Crippen LogP contribution >= 0.6 is 11.6 Å². The Balaban J connectivity index is 2.13. The average Bonchev–Trinajstić information content (AvgIpc) is 2.71. The average molecular weight is 256 g/mol. The van der Waals surface area contributed by atoms with Gasteiger partial charge in [0.05, 0.1) is 0 Å². The van der Waals surface area contributed by atoms with Crippen molar-refractivity contribution < 1.29 is 9.18 Å². The number of hydrogen-bond donors (Lipinski definition) is 1. The van der Waals surface area contributed by atoms with Crippen molar-refractivity contribution in [3.05, 3.63) is 34.6 Å². The predicted octanol–water partition coefficient (Wildman–Crippen LogP) is 2.59. The summed E-state index contributed by atoms with van der Waals surface area (Å²) in [6, 6.07) is 4.17. The molecule has 0 saturated carbocycles. The Kier molecular flexibility index (Phi) is 3.50. The molecule has 0 amide bonds. The quantitative estimate of drug-likeness (QED) is 0.900. The normalized spacial score (nSPS) is 23.9. The smallest absolute Gasteiger partial charge is 0.144 e. The minimum absolute atomic E-state index is 0.163. The SMILES string of the molecule is CC1(C(=O)Cc2ccc(F)cc2Cl)CCNC1. The lowest BCUT2D eigenvalue weighted by Crippen LogP contribution is -2.31. The van der Waals surface area contributed by atoms with Crippen LogP contribution in [-0.4, -0.2) is 18.9 Å². The van der Waals surface area contributed by atoms with Crippen LogP contribution in [0.5, 0.6) is 0 Å². The first kappa shape index (κ1) is 12.5. The monoisotopic (exact) mass is 255 g/mol. The van der Waals surface area contributed by atoms with Gasteiger partial charge in [0.1, 0.15) is 11.6 Å². The van der Waals surface area contributed by atoms with E-state index in [1.54, 1.807) is 6.07 Å². The van der Waals surface area contributed by atoms with Gasteiger partial charge in [-0.3, -0.25) is 4.79 Å². The summed E-state index contributed by atoms with van der Waals surface area (Å²) in [5, 5.41) is 3.52. The molecular weight excluding hydrogens is 241 g/mol. The molecule has 92 valence electrons. The largest absolute Gasteiger partial charge is 0.316 e. The topological polar surface area (TPSA) is 29.1 Å². The first-order valence-electron chi connectivity index (χ1n) is 5.69. The second kappa shape index (κ2) is 4.75. The molecule has 0 aromatic heterocycles. The fraction of sp³-hybridized carbons (Fsp3) is 0.462. The highest BCUT2D eigenvalue weighted by Gasteiger charge is 2.35. The van der Waals surface area contributed by atoms with E-state index in [0.29, 0.717) is 17.1 Å². The number of carbonyl (C=O) groups excluding carboxylic acids is 1. The van der Waals surface area contributed by atoms with E-state index in [1.807, 2.05) is 6.92 Å². The first-order chi connectivity index (χ1) is 8.01. The van der Waals surface area contributed by atoms with Crippen LogP contribution < -0.4 is 5.32 Å². The second-order valence-electron chi connectivity index (χ2n) is 4.82. The van der Waals surface area contributed by atoms with Gasteiger partial charge in [-0.1, -0.05) is 24.6 Å². The van der Waals surface area contributed by atoms with Crippen molar-refractivity contribution in [2.45, 2.75) is 19.8 Å². The van der Waals surface area contributed by atoms with Gasteiger partial charge in [-0.25, -0.2) is 4.39 Å². The fourth-order valence-corrected chi connectivity index (χ4v) is 2.34. The molecule has 0 spiro atoms. The van der Waals surface area contributed by atoms with Crippen LogP contribution in [0.3, 0.4) is 0 Å². The lowest BCUT2D eigenvalue weighted by molar-refractivity contribution is -0.126. The summed E-state index contributed by atoms with van der Waals surface area (Å²) < 4.78 is 12.9. The first-order valence-corrected chi connectivity index (χ1v) is 6.07. The molecule has 0 bridgehead atoms. The predicted molar refractivity (Wildman–Crippen MR) is 65.7 cm³/mol. The molecule has 0 aliphatic carbocycles. The van der Waals surface area contributed by atoms with Crippen molar-refractivity contribution in [1.82, 2.24) is 5.32 Å². The van der Waals surface area contributed by atoms with Crippen molar-refractivity contribution in [3.63, 3.8) is 0 Å². The zero-order chi connectivity index (χ0) is 12.5. The van der Waals surface area contributed by atoms with Gasteiger partial charge < -0.3 is 5.32 Å². The minimum atomic E-state index is -0.375. The summed E-state index contributed by atoms with van der Waals surface area (Å²) in [5.41, 5.74) is 0.392. The number of nitrogens with one attached hydrogen (secondary N) is 1. The summed E-state index contributed by atoms with van der Waals surface area (Å²) in [5.74, 6) is -0.212. The molecule has 0 radical (unpaired) electrons. The molecule has 1 aromatic carbocycles. The third-order valence-electron chi connectivity index (χ3n) is 3.41. The maximum absolute atomic E-state index is 12.9. The van der Waals surface area contributed by atoms with Gasteiger partial charge in [-0.15, -0.1) is 0 Å². The van der Waals surface area contributed by atoms with E-state index in [-0.39, 0.29) is 23.4 Å². The third-order valence-corrected chi connectivity index (χ3v) is 3.76. The molecule has 1 aliphatic rings. The van der Waals surface area contributed by atoms with Crippen LogP contribution in [-0.2, 0) is 11.2 Å². The second-order valence-corrected chi connectivity index (χ2v) is 5.23. The van der Waals surface area contributed by atoms with E-state index in [0.717, 1.165) is 13.0 Å². The van der Waals surface area contributed by atoms with Crippen molar-refractivity contribution >= 4 is 17.4 Å². The van der Waals surface area contributed by atoms with Gasteiger partial charge in [-0.2, -0.15) is 0 Å². The van der Waals surface area contributed by atoms with Crippen LogP contribution in [0.15, 0.2) is 18.2 Å². The molecule has 1 atom stereocenters. The van der Waals surface area contributed by atoms with E-state index < -0.39 is 0 Å². The van der Waals surface area contributed by atoms with Crippen molar-refractivity contribution in [2.24, 2.45) is 5.41 Å². The van der Waals surface area contributed by atoms with Crippen LogP contribution in [0.2, 0.25) is 5.02 Å². The van der Waals surface area contributed by atoms with Gasteiger partial charge in [0.25, 0.3) is 0 Å². The summed E-state index contributed by atoms with van der Waals surface area (Å²) >= 11 is 5.92. The maximum Gasteiger partial charge on any atom is 0.144 e. The molecule has 2 rings (SSSR count). The van der Waals surface area contributed by atoms with E-state index >= 15 is 0 Å². The molecule has 1 fully saturated rings. The lowest BCUT2D eigenvalue weighted by Gasteiger charge is -2.21. The summed E-state index contributed by atoms with van der Waals surface area (Å²) in [7, 11) is 0. The van der Waals surface area contributed by atoms with Crippen LogP contribution in [0.1, 0.15) is 18.9 Å². The van der Waals surface area contributed by atoms with E-state index in [2.05, 4.69) is 5.32 Å². The van der Waals surface area contributed by atoms with Gasteiger partial charge in [-0.05, 0) is 30.7 Å². The standard InChI is InChI=1S/C13H15ClFNO/c1-13(4-5-16-8-13)12(17)6-9-2-3-10(15)7-11(9)14/h2-3,7,16H,4-6,8H2,1H3. The maximum atomic E-state index is 12.9. The molecular formula is C13H15ClFNO. The molecule has 1 N–H and O–H groups in total. The molecule has 2 nitrogen and oxygen atoms in total. The number of Topliss-reactive ketones (excluding diaryl/α,β-unsaturated/α-hetero) is 1. The summed E-state index contributed by atoms with van der Waals surface area (Å²) in [4.78, 5) is 12.2. The molecule has 17 heavy (non-hydrogen) atoms. The number of hydrogen-bond acceptors (Lipinski definition) is 2. The van der Waals surface area contributed by atoms with Gasteiger partial charge in [0.15, 0.2) is 0 Å². The Labute approximate surface area is 105 Å². The van der Waals surface area contributed by atoms with Crippen molar-refractivity contribution in [3.8, 4) is 0 Å². The van der Waals surface area contributed by atoms with Crippen LogP contribution in [0.25, 0.3) is 0 Å². The van der Waals surface area contributed by atoms with E-state index in [9.17, 15) is 9.18 Å². The molecule has 1 saturated heterocycles. The van der Waals surface area contributed by atoms with Crippen LogP contribution in [0, 0.1) is 11.2 Å². The molecule has 1 heterocycles.